The molecular formula is C9H14N6. The van der Waals surface area contributed by atoms with Gasteiger partial charge < -0.3 is 16.0 Å². The van der Waals surface area contributed by atoms with E-state index in [0.29, 0.717) is 11.9 Å². The van der Waals surface area contributed by atoms with E-state index >= 15 is 0 Å². The Morgan fingerprint density at radius 3 is 2.87 bits per heavy atom. The van der Waals surface area contributed by atoms with Crippen LogP contribution in [0.25, 0.3) is 0 Å². The molecule has 0 aliphatic carbocycles. The second-order valence-corrected chi connectivity index (χ2v) is 3.39. The number of nitrogens with zero attached hydrogens (tertiary/aromatic N) is 2. The average molecular weight is 206 g/mol. The van der Waals surface area contributed by atoms with Crippen LogP contribution in [-0.4, -0.2) is 23.1 Å². The molecule has 1 aliphatic rings. The van der Waals surface area contributed by atoms with Crippen molar-refractivity contribution in [2.24, 2.45) is 15.7 Å². The molecule has 15 heavy (non-hydrogen) atoms. The number of guanidine groups is 2. The van der Waals surface area contributed by atoms with Gasteiger partial charge in [0.2, 0.25) is 5.96 Å². The molecule has 5 N–H and O–H groups in total. The van der Waals surface area contributed by atoms with Gasteiger partial charge in [0.05, 0.1) is 5.69 Å². The zero-order valence-corrected chi connectivity index (χ0v) is 8.70. The largest absolute Gasteiger partial charge is 0.370 e. The van der Waals surface area contributed by atoms with Crippen molar-refractivity contribution in [1.82, 2.24) is 10.3 Å². The fourth-order valence-corrected chi connectivity index (χ4v) is 1.38. The second-order valence-electron chi connectivity index (χ2n) is 3.39. The molecule has 6 heteroatoms. The highest BCUT2D eigenvalue weighted by Gasteiger charge is 2.11. The van der Waals surface area contributed by atoms with E-state index in [0.717, 1.165) is 11.4 Å². The Morgan fingerprint density at radius 1 is 1.47 bits per heavy atom. The van der Waals surface area contributed by atoms with Crippen molar-refractivity contribution in [3.63, 3.8) is 0 Å². The van der Waals surface area contributed by atoms with Gasteiger partial charge in [-0.15, -0.1) is 0 Å². The topological polar surface area (TPSA) is 90.6 Å². The summed E-state index contributed by atoms with van der Waals surface area (Å²) in [5, 5.41) is 6.00. The van der Waals surface area contributed by atoms with E-state index in [4.69, 9.17) is 5.73 Å². The number of nitrogens with one attached hydrogen (secondary N) is 3. The molecule has 0 amide bonds. The van der Waals surface area contributed by atoms with Gasteiger partial charge in [-0.2, -0.15) is 0 Å². The van der Waals surface area contributed by atoms with Crippen LogP contribution in [-0.2, 0) is 0 Å². The molecular weight excluding hydrogens is 192 g/mol. The molecule has 0 spiro atoms. The minimum absolute atomic E-state index is 0.145. The minimum atomic E-state index is -0.145. The number of nitrogens with two attached hydrogens (primary N) is 1. The summed E-state index contributed by atoms with van der Waals surface area (Å²) in [6, 6.07) is 1.94. The van der Waals surface area contributed by atoms with Crippen molar-refractivity contribution in [3.05, 3.63) is 18.0 Å². The van der Waals surface area contributed by atoms with Crippen molar-refractivity contribution >= 4 is 17.6 Å². The van der Waals surface area contributed by atoms with Crippen LogP contribution in [0.2, 0.25) is 0 Å². The Morgan fingerprint density at radius 2 is 2.27 bits per heavy atom. The number of rotatable bonds is 1. The van der Waals surface area contributed by atoms with Gasteiger partial charge in [0.15, 0.2) is 5.96 Å². The van der Waals surface area contributed by atoms with E-state index in [1.165, 1.54) is 0 Å². The summed E-state index contributed by atoms with van der Waals surface area (Å²) in [7, 11) is 0. The lowest BCUT2D eigenvalue weighted by atomic mass is 10.4. The second kappa shape index (κ2) is 3.64. The molecule has 2 heterocycles. The Kier molecular flexibility index (Phi) is 2.32. The third-order valence-corrected chi connectivity index (χ3v) is 2.10. The molecule has 1 aromatic heterocycles. The van der Waals surface area contributed by atoms with Gasteiger partial charge in [0.1, 0.15) is 6.17 Å². The monoisotopic (exact) mass is 206 g/mol. The Balaban J connectivity index is 2.11. The van der Waals surface area contributed by atoms with Crippen molar-refractivity contribution in [3.8, 4) is 0 Å². The number of H-pyrrole nitrogens is 1. The summed E-state index contributed by atoms with van der Waals surface area (Å²) >= 11 is 0. The summed E-state index contributed by atoms with van der Waals surface area (Å²) in [6.45, 7) is 3.85. The third-order valence-electron chi connectivity index (χ3n) is 2.10. The van der Waals surface area contributed by atoms with Crippen LogP contribution in [0.15, 0.2) is 22.2 Å². The maximum atomic E-state index is 5.59. The van der Waals surface area contributed by atoms with E-state index < -0.39 is 0 Å². The highest BCUT2D eigenvalue weighted by molar-refractivity contribution is 6.06. The molecule has 1 aliphatic heterocycles. The normalized spacial score (nSPS) is 20.3. The predicted octanol–water partition coefficient (Wildman–Crippen LogP) is 0.355. The number of anilines is 1. The lowest BCUT2D eigenvalue weighted by Crippen LogP contribution is -2.44. The maximum absolute atomic E-state index is 5.59. The van der Waals surface area contributed by atoms with Crippen LogP contribution < -0.4 is 16.4 Å². The Hall–Kier alpha value is -1.98. The van der Waals surface area contributed by atoms with Gasteiger partial charge in [-0.3, -0.25) is 5.32 Å². The minimum Gasteiger partial charge on any atom is -0.370 e. The molecule has 0 aromatic carbocycles. The highest BCUT2D eigenvalue weighted by atomic mass is 15.3. The summed E-state index contributed by atoms with van der Waals surface area (Å²) in [4.78, 5) is 11.4. The Bertz CT molecular complexity index is 416. The first-order valence-corrected chi connectivity index (χ1v) is 4.74. The van der Waals surface area contributed by atoms with E-state index in [1.807, 2.05) is 26.1 Å². The van der Waals surface area contributed by atoms with E-state index in [2.05, 4.69) is 25.6 Å². The molecule has 1 atom stereocenters. The highest BCUT2D eigenvalue weighted by Crippen LogP contribution is 2.11. The van der Waals surface area contributed by atoms with E-state index in [-0.39, 0.29) is 6.17 Å². The van der Waals surface area contributed by atoms with Gasteiger partial charge in [-0.1, -0.05) is 0 Å². The number of hydrogen-bond acceptors (Lipinski definition) is 5. The maximum Gasteiger partial charge on any atom is 0.204 e. The van der Waals surface area contributed by atoms with Crippen LogP contribution in [0.5, 0.6) is 0 Å². The van der Waals surface area contributed by atoms with Gasteiger partial charge in [-0.05, 0) is 19.9 Å². The SMILES string of the molecule is Cc1[nH]ccc1NC1=NC(C)N=C(N)N1. The molecule has 0 bridgehead atoms. The van der Waals surface area contributed by atoms with Crippen LogP contribution >= 0.6 is 0 Å². The average Bonchev–Trinajstić information content (AvgIpc) is 2.50. The van der Waals surface area contributed by atoms with Gasteiger partial charge in [0.25, 0.3) is 0 Å². The summed E-state index contributed by atoms with van der Waals surface area (Å²) in [6.07, 6.45) is 1.72. The number of aryl methyl sites for hydroxylation is 1. The summed E-state index contributed by atoms with van der Waals surface area (Å²) in [5.41, 5.74) is 7.62. The first kappa shape index (κ1) is 9.57. The van der Waals surface area contributed by atoms with Gasteiger partial charge in [-0.25, -0.2) is 9.98 Å². The molecule has 0 saturated heterocycles. The summed E-state index contributed by atoms with van der Waals surface area (Å²) in [5.74, 6) is 1.01. The first-order chi connectivity index (χ1) is 7.15. The zero-order valence-electron chi connectivity index (χ0n) is 8.70. The van der Waals surface area contributed by atoms with Crippen molar-refractivity contribution in [2.45, 2.75) is 20.0 Å². The number of aromatic amines is 1. The lowest BCUT2D eigenvalue weighted by Gasteiger charge is -2.17. The molecule has 1 aromatic rings. The molecule has 80 valence electrons. The van der Waals surface area contributed by atoms with Crippen molar-refractivity contribution in [2.75, 3.05) is 5.32 Å². The quantitative estimate of drug-likeness (QED) is 0.534. The smallest absolute Gasteiger partial charge is 0.204 e. The molecule has 2 rings (SSSR count). The zero-order chi connectivity index (χ0) is 10.8. The van der Waals surface area contributed by atoms with Crippen molar-refractivity contribution in [1.29, 1.82) is 0 Å². The first-order valence-electron chi connectivity index (χ1n) is 4.74. The van der Waals surface area contributed by atoms with Crippen LogP contribution in [0.3, 0.4) is 0 Å². The number of aliphatic imine (C=N–C) groups is 2. The number of hydrogen-bond donors (Lipinski definition) is 4. The molecule has 1 unspecified atom stereocenters. The fourth-order valence-electron chi connectivity index (χ4n) is 1.38. The van der Waals surface area contributed by atoms with E-state index in [1.54, 1.807) is 0 Å². The van der Waals surface area contributed by atoms with Crippen LogP contribution in [0.4, 0.5) is 5.69 Å². The third kappa shape index (κ3) is 2.09. The van der Waals surface area contributed by atoms with Crippen LogP contribution in [0.1, 0.15) is 12.6 Å². The molecule has 0 saturated carbocycles. The number of aromatic nitrogens is 1. The summed E-state index contributed by atoms with van der Waals surface area (Å²) < 4.78 is 0. The molecule has 6 nitrogen and oxygen atoms in total. The van der Waals surface area contributed by atoms with Crippen LogP contribution in [0, 0.1) is 6.92 Å². The molecule has 0 fully saturated rings. The Labute approximate surface area is 87.7 Å². The van der Waals surface area contributed by atoms with Crippen molar-refractivity contribution < 1.29 is 0 Å². The van der Waals surface area contributed by atoms with E-state index in [9.17, 15) is 0 Å². The lowest BCUT2D eigenvalue weighted by molar-refractivity contribution is 0.766. The fraction of sp³-hybridized carbons (Fsp3) is 0.333. The van der Waals surface area contributed by atoms with Gasteiger partial charge in [0, 0.05) is 11.9 Å². The standard InChI is InChI=1S/C9H14N6/c1-5-7(3-4-11-5)14-9-13-6(2)12-8(10)15-9/h3-4,6,11H,1-2H3,(H4,10,12,13,14,15). The molecule has 0 radical (unpaired) electrons. The predicted molar refractivity (Wildman–Crippen MR) is 60.8 cm³/mol. The van der Waals surface area contributed by atoms with Gasteiger partial charge >= 0.3 is 0 Å².